The first-order valence-corrected chi connectivity index (χ1v) is 11.6. The summed E-state index contributed by atoms with van der Waals surface area (Å²) in [5.41, 5.74) is 0. The summed E-state index contributed by atoms with van der Waals surface area (Å²) in [5.74, 6) is -4.25. The third kappa shape index (κ3) is 12.8. The van der Waals surface area contributed by atoms with Gasteiger partial charge in [-0.2, -0.15) is 0 Å². The summed E-state index contributed by atoms with van der Waals surface area (Å²) in [5, 5.41) is 27.2. The maximum atomic E-state index is 11.5. The Morgan fingerprint density at radius 2 is 1.16 bits per heavy atom. The Kier molecular flexibility index (Phi) is 13.4. The van der Waals surface area contributed by atoms with Gasteiger partial charge in [0.05, 0.1) is 25.9 Å². The third-order valence-electron chi connectivity index (χ3n) is 4.47. The maximum absolute atomic E-state index is 11.5. The van der Waals surface area contributed by atoms with E-state index in [0.29, 0.717) is 26.2 Å². The fourth-order valence-electron chi connectivity index (χ4n) is 2.97. The van der Waals surface area contributed by atoms with E-state index in [9.17, 15) is 29.1 Å². The molecule has 1 fully saturated rings. The summed E-state index contributed by atoms with van der Waals surface area (Å²) in [6, 6.07) is -0.330. The van der Waals surface area contributed by atoms with E-state index in [1.807, 2.05) is 45.7 Å². The second kappa shape index (κ2) is 14.9. The first kappa shape index (κ1) is 28.9. The summed E-state index contributed by atoms with van der Waals surface area (Å²) in [6.45, 7) is 1.18. The Morgan fingerprint density at radius 3 is 1.59 bits per heavy atom. The second-order valence-electron chi connectivity index (χ2n) is 7.11. The molecule has 1 saturated heterocycles. The Balaban J connectivity index is 2.61. The van der Waals surface area contributed by atoms with E-state index < -0.39 is 29.8 Å². The van der Waals surface area contributed by atoms with Gasteiger partial charge in [0.25, 0.3) is 0 Å². The Hall–Kier alpha value is -1.15. The average Bonchev–Trinajstić information content (AvgIpc) is 2.65. The normalized spacial score (nSPS) is 15.1. The number of carboxylic acids is 3. The predicted molar refractivity (Wildman–Crippen MR) is 126 cm³/mol. The lowest BCUT2D eigenvalue weighted by atomic mass is 10.1. The molecule has 1 heterocycles. The van der Waals surface area contributed by atoms with Crippen molar-refractivity contribution in [2.45, 2.75) is 18.9 Å². The molecule has 0 unspecified atom stereocenters. The Labute approximate surface area is 212 Å². The van der Waals surface area contributed by atoms with Crippen LogP contribution in [0.5, 0.6) is 0 Å². The molecule has 0 spiro atoms. The number of esters is 2. The number of nitrogens with zero attached hydrogens (tertiary/aromatic N) is 4. The van der Waals surface area contributed by atoms with E-state index in [1.54, 1.807) is 12.9 Å². The Morgan fingerprint density at radius 1 is 0.750 bits per heavy atom. The second-order valence-corrected chi connectivity index (χ2v) is 9.71. The van der Waals surface area contributed by atoms with Crippen molar-refractivity contribution in [1.29, 1.82) is 0 Å². The molecule has 1 aliphatic heterocycles. The highest BCUT2D eigenvalue weighted by Crippen LogP contribution is 2.19. The van der Waals surface area contributed by atoms with Crippen molar-refractivity contribution in [3.05, 3.63) is 0 Å². The van der Waals surface area contributed by atoms with E-state index in [1.165, 1.54) is 3.11 Å². The molecule has 0 aliphatic carbocycles. The zero-order chi connectivity index (χ0) is 24.3. The van der Waals surface area contributed by atoms with Crippen LogP contribution in [0.2, 0.25) is 0 Å². The molecule has 1 aliphatic rings. The number of ether oxygens (including phenoxy) is 1. The van der Waals surface area contributed by atoms with Gasteiger partial charge in [0, 0.05) is 91.0 Å². The first-order valence-electron chi connectivity index (χ1n) is 9.63. The van der Waals surface area contributed by atoms with E-state index in [4.69, 9.17) is 10.2 Å². The summed E-state index contributed by atoms with van der Waals surface area (Å²) in [7, 11) is 0. The van der Waals surface area contributed by atoms with Crippen LogP contribution >= 0.6 is 45.7 Å². The van der Waals surface area contributed by atoms with Crippen LogP contribution < -0.4 is 0 Å². The zero-order valence-corrected chi connectivity index (χ0v) is 21.5. The summed E-state index contributed by atoms with van der Waals surface area (Å²) in [4.78, 5) is 59.3. The van der Waals surface area contributed by atoms with Gasteiger partial charge < -0.3 is 20.1 Å². The van der Waals surface area contributed by atoms with Crippen LogP contribution in [-0.2, 0) is 28.7 Å². The molecule has 0 aromatic carbocycles. The number of hydrogen-bond donors (Lipinski definition) is 3. The molecular formula is C17H26I2N4O9. The van der Waals surface area contributed by atoms with Crippen molar-refractivity contribution >= 4 is 75.6 Å². The molecular weight excluding hydrogens is 658 g/mol. The molecule has 0 saturated carbocycles. The predicted octanol–water partition coefficient (Wildman–Crippen LogP) is -0.620. The highest BCUT2D eigenvalue weighted by atomic mass is 127. The van der Waals surface area contributed by atoms with Crippen LogP contribution in [0.25, 0.3) is 0 Å². The molecule has 0 aromatic heterocycles. The Bertz CT molecular complexity index is 681. The first-order chi connectivity index (χ1) is 15.0. The number of cyclic esters (lactones) is 2. The lowest BCUT2D eigenvalue weighted by molar-refractivity contribution is -0.165. The van der Waals surface area contributed by atoms with Gasteiger partial charge in [-0.3, -0.25) is 33.8 Å². The van der Waals surface area contributed by atoms with Crippen LogP contribution in [0.3, 0.4) is 0 Å². The van der Waals surface area contributed by atoms with E-state index in [2.05, 4.69) is 4.74 Å². The third-order valence-corrected chi connectivity index (χ3v) is 6.57. The molecule has 0 radical (unpaired) electrons. The standard InChI is InChI=1S/C17H26I2N4O9/c18-22(11-15(28)29)5-3-20(9-13(24)25)1-2-21(10-14(26)27)4-6-23(19)12-7-16(30)32-17(31)8-12/h12H,1-11H2,(H,24,25)(H,26,27)(H,28,29). The van der Waals surface area contributed by atoms with Crippen molar-refractivity contribution < 1.29 is 44.0 Å². The topological polar surface area (TPSA) is 168 Å². The van der Waals surface area contributed by atoms with Gasteiger partial charge in [-0.25, -0.2) is 6.23 Å². The van der Waals surface area contributed by atoms with E-state index >= 15 is 0 Å². The molecule has 13 nitrogen and oxygen atoms in total. The molecule has 0 amide bonds. The van der Waals surface area contributed by atoms with Gasteiger partial charge in [-0.05, 0) is 0 Å². The van der Waals surface area contributed by atoms with E-state index in [-0.39, 0.29) is 51.6 Å². The van der Waals surface area contributed by atoms with Gasteiger partial charge >= 0.3 is 29.8 Å². The quantitative estimate of drug-likeness (QED) is 0.0816. The average molecular weight is 684 g/mol. The van der Waals surface area contributed by atoms with Crippen LogP contribution in [-0.4, -0.2) is 126 Å². The van der Waals surface area contributed by atoms with Crippen LogP contribution in [0.4, 0.5) is 0 Å². The monoisotopic (exact) mass is 684 g/mol. The number of halogens is 2. The summed E-state index contributed by atoms with van der Waals surface area (Å²) in [6.07, 6.45) is 0.145. The smallest absolute Gasteiger partial charge is 0.318 e. The van der Waals surface area contributed by atoms with Gasteiger partial charge in [0.15, 0.2) is 0 Å². The van der Waals surface area contributed by atoms with Gasteiger partial charge in [0.1, 0.15) is 6.54 Å². The van der Waals surface area contributed by atoms with Crippen LogP contribution in [0, 0.1) is 0 Å². The molecule has 3 N–H and O–H groups in total. The number of rotatable bonds is 16. The minimum absolute atomic E-state index is 0.0726. The van der Waals surface area contributed by atoms with Crippen LogP contribution in [0.1, 0.15) is 12.8 Å². The molecule has 15 heteroatoms. The SMILES string of the molecule is O=C(O)CN(I)CCN(CCN(CCN(I)C1CC(=O)OC(=O)C1)CC(=O)O)CC(=O)O. The van der Waals surface area contributed by atoms with Crippen molar-refractivity contribution in [2.24, 2.45) is 0 Å². The number of aliphatic carboxylic acids is 3. The number of carbonyl (C=O) groups is 5. The fourth-order valence-corrected chi connectivity index (χ4v) is 4.08. The van der Waals surface area contributed by atoms with Gasteiger partial charge in [-0.15, -0.1) is 0 Å². The van der Waals surface area contributed by atoms with Crippen molar-refractivity contribution in [3.8, 4) is 0 Å². The van der Waals surface area contributed by atoms with Gasteiger partial charge in [0.2, 0.25) is 0 Å². The summed E-state index contributed by atoms with van der Waals surface area (Å²) < 4.78 is 7.82. The zero-order valence-electron chi connectivity index (χ0n) is 17.2. The van der Waals surface area contributed by atoms with Crippen LogP contribution in [0.15, 0.2) is 0 Å². The molecule has 0 atom stereocenters. The largest absolute Gasteiger partial charge is 0.480 e. The van der Waals surface area contributed by atoms with Gasteiger partial charge in [-0.1, -0.05) is 0 Å². The molecule has 0 aromatic rings. The number of hydrogen-bond acceptors (Lipinski definition) is 10. The van der Waals surface area contributed by atoms with Crippen molar-refractivity contribution in [1.82, 2.24) is 16.0 Å². The number of carboxylic acid groups (broad SMARTS) is 3. The van der Waals surface area contributed by atoms with E-state index in [0.717, 1.165) is 0 Å². The van der Waals surface area contributed by atoms with Crippen molar-refractivity contribution in [3.63, 3.8) is 0 Å². The number of carbonyl (C=O) groups excluding carboxylic acids is 2. The van der Waals surface area contributed by atoms with Crippen molar-refractivity contribution in [2.75, 3.05) is 58.9 Å². The molecule has 1 rings (SSSR count). The maximum Gasteiger partial charge on any atom is 0.318 e. The lowest BCUT2D eigenvalue weighted by Gasteiger charge is -2.30. The fraction of sp³-hybridized carbons (Fsp3) is 0.706. The summed E-state index contributed by atoms with van der Waals surface area (Å²) >= 11 is 3.85. The highest BCUT2D eigenvalue weighted by Gasteiger charge is 2.30. The highest BCUT2D eigenvalue weighted by molar-refractivity contribution is 14.1. The lowest BCUT2D eigenvalue weighted by Crippen LogP contribution is -2.45. The molecule has 32 heavy (non-hydrogen) atoms. The minimum atomic E-state index is -1.04. The molecule has 182 valence electrons. The molecule has 0 bridgehead atoms. The minimum Gasteiger partial charge on any atom is -0.480 e.